The maximum atomic E-state index is 13.0. The van der Waals surface area contributed by atoms with Gasteiger partial charge in [0.05, 0.1) is 18.0 Å². The summed E-state index contributed by atoms with van der Waals surface area (Å²) in [5.41, 5.74) is 14.3. The molecule has 0 unspecified atom stereocenters. The quantitative estimate of drug-likeness (QED) is 0.227. The van der Waals surface area contributed by atoms with Gasteiger partial charge in [0, 0.05) is 10.9 Å². The number of carbonyl (C=O) groups excluding carboxylic acids is 2. The summed E-state index contributed by atoms with van der Waals surface area (Å²) >= 11 is 1.35. The lowest BCUT2D eigenvalue weighted by atomic mass is 10.0. The number of hydrogen-bond donors (Lipinski definition) is 5. The van der Waals surface area contributed by atoms with Gasteiger partial charge in [0.25, 0.3) is 10.1 Å². The SMILES string of the molecule is CS(=O)(=O)O.NCCC[C@H](N)C(=O)N[C@H](CCc1ccccc1)C(=O)Nc1nc(-c2ccccc2)cs1. The standard InChI is InChI=1S/C24H29N5O2S.CH4O3S/c25-15-7-12-19(26)22(30)27-20(14-13-17-8-3-1-4-9-17)23(31)29-24-28-21(16-32-24)18-10-5-2-6-11-18;1-5(2,3)4/h1-6,8-11,16,19-20H,7,12-15,25-26H2,(H,27,30)(H,28,29,31);1H3,(H,2,3,4)/t19-,20+;/m0./s1. The Morgan fingerprint density at radius 3 is 2.22 bits per heavy atom. The van der Waals surface area contributed by atoms with Crippen molar-refractivity contribution in [1.82, 2.24) is 10.3 Å². The van der Waals surface area contributed by atoms with Crippen LogP contribution < -0.4 is 22.1 Å². The lowest BCUT2D eigenvalue weighted by Crippen LogP contribution is -2.50. The molecule has 0 radical (unpaired) electrons. The number of aryl methyl sites for hydroxylation is 1. The molecule has 0 bridgehead atoms. The Morgan fingerprint density at radius 2 is 1.62 bits per heavy atom. The molecule has 1 aromatic heterocycles. The molecule has 2 aromatic carbocycles. The molecule has 0 aliphatic heterocycles. The number of rotatable bonds is 11. The maximum absolute atomic E-state index is 13.0. The van der Waals surface area contributed by atoms with Crippen molar-refractivity contribution in [3.8, 4) is 11.3 Å². The zero-order valence-electron chi connectivity index (χ0n) is 20.5. The van der Waals surface area contributed by atoms with Gasteiger partial charge in [-0.15, -0.1) is 11.3 Å². The van der Waals surface area contributed by atoms with E-state index in [1.54, 1.807) is 0 Å². The number of benzene rings is 2. The highest BCUT2D eigenvalue weighted by atomic mass is 32.2. The molecule has 0 spiro atoms. The minimum absolute atomic E-state index is 0.311. The van der Waals surface area contributed by atoms with Crippen molar-refractivity contribution in [2.24, 2.45) is 11.5 Å². The molecular weight excluding hydrogens is 514 g/mol. The summed E-state index contributed by atoms with van der Waals surface area (Å²) in [5.74, 6) is -0.662. The zero-order valence-corrected chi connectivity index (χ0v) is 22.2. The van der Waals surface area contributed by atoms with Crippen LogP contribution in [-0.4, -0.2) is 54.7 Å². The highest BCUT2D eigenvalue weighted by molar-refractivity contribution is 7.85. The predicted octanol–water partition coefficient (Wildman–Crippen LogP) is 2.44. The second-order valence-electron chi connectivity index (χ2n) is 8.25. The van der Waals surface area contributed by atoms with Crippen LogP contribution in [0.1, 0.15) is 24.8 Å². The van der Waals surface area contributed by atoms with Crippen LogP contribution in [0.3, 0.4) is 0 Å². The van der Waals surface area contributed by atoms with Crippen molar-refractivity contribution in [1.29, 1.82) is 0 Å². The van der Waals surface area contributed by atoms with Crippen molar-refractivity contribution in [3.63, 3.8) is 0 Å². The lowest BCUT2D eigenvalue weighted by molar-refractivity contribution is -0.127. The largest absolute Gasteiger partial charge is 0.343 e. The molecule has 0 aliphatic rings. The first-order valence-electron chi connectivity index (χ1n) is 11.6. The molecule has 200 valence electrons. The lowest BCUT2D eigenvalue weighted by Gasteiger charge is -2.20. The summed E-state index contributed by atoms with van der Waals surface area (Å²) in [6.45, 7) is 0.465. The average Bonchev–Trinajstić information content (AvgIpc) is 3.33. The van der Waals surface area contributed by atoms with E-state index in [-0.39, 0.29) is 11.8 Å². The van der Waals surface area contributed by atoms with Crippen molar-refractivity contribution in [2.75, 3.05) is 18.1 Å². The van der Waals surface area contributed by atoms with Crippen molar-refractivity contribution >= 4 is 38.4 Å². The number of anilines is 1. The summed E-state index contributed by atoms with van der Waals surface area (Å²) in [4.78, 5) is 30.1. The fourth-order valence-corrected chi connectivity index (χ4v) is 3.96. The summed E-state index contributed by atoms with van der Waals surface area (Å²) < 4.78 is 25.9. The predicted molar refractivity (Wildman–Crippen MR) is 147 cm³/mol. The number of amides is 2. The zero-order chi connectivity index (χ0) is 27.3. The van der Waals surface area contributed by atoms with Gasteiger partial charge in [-0.2, -0.15) is 8.42 Å². The van der Waals surface area contributed by atoms with Gasteiger partial charge in [-0.3, -0.25) is 14.1 Å². The Hall–Kier alpha value is -3.16. The Labute approximate surface area is 221 Å². The fourth-order valence-electron chi connectivity index (χ4n) is 3.24. The highest BCUT2D eigenvalue weighted by Gasteiger charge is 2.24. The molecule has 3 aromatic rings. The first kappa shape index (κ1) is 30.1. The smallest absolute Gasteiger partial charge is 0.261 e. The topological polar surface area (TPSA) is 178 Å². The second kappa shape index (κ2) is 15.2. The number of aromatic nitrogens is 1. The normalized spacial score (nSPS) is 12.5. The minimum atomic E-state index is -3.67. The van der Waals surface area contributed by atoms with Crippen LogP contribution in [0.4, 0.5) is 5.13 Å². The Morgan fingerprint density at radius 1 is 1.03 bits per heavy atom. The summed E-state index contributed by atoms with van der Waals surface area (Å²) in [6, 6.07) is 18.2. The van der Waals surface area contributed by atoms with Crippen molar-refractivity contribution < 1.29 is 22.6 Å². The molecular formula is C25H33N5O5S2. The fraction of sp³-hybridized carbons (Fsp3) is 0.320. The van der Waals surface area contributed by atoms with Crippen LogP contribution in [0.2, 0.25) is 0 Å². The third-order valence-electron chi connectivity index (χ3n) is 5.06. The third-order valence-corrected chi connectivity index (χ3v) is 5.82. The average molecular weight is 548 g/mol. The van der Waals surface area contributed by atoms with Gasteiger partial charge in [-0.05, 0) is 37.8 Å². The van der Waals surface area contributed by atoms with Gasteiger partial charge in [-0.1, -0.05) is 60.7 Å². The van der Waals surface area contributed by atoms with Crippen LogP contribution in [0.25, 0.3) is 11.3 Å². The van der Waals surface area contributed by atoms with E-state index in [9.17, 15) is 18.0 Å². The summed E-state index contributed by atoms with van der Waals surface area (Å²) in [5, 5.41) is 8.04. The van der Waals surface area contributed by atoms with E-state index in [2.05, 4.69) is 15.6 Å². The molecule has 0 fully saturated rings. The molecule has 37 heavy (non-hydrogen) atoms. The molecule has 1 heterocycles. The number of thiazole rings is 1. The molecule has 0 saturated heterocycles. The van der Waals surface area contributed by atoms with E-state index in [4.69, 9.17) is 16.0 Å². The Kier molecular flexibility index (Phi) is 12.3. The monoisotopic (exact) mass is 547 g/mol. The van der Waals surface area contributed by atoms with Gasteiger partial charge in [0.2, 0.25) is 11.8 Å². The van der Waals surface area contributed by atoms with Gasteiger partial charge < -0.3 is 22.1 Å². The van der Waals surface area contributed by atoms with Crippen LogP contribution in [0.5, 0.6) is 0 Å². The molecule has 3 rings (SSSR count). The number of carbonyl (C=O) groups is 2. The van der Waals surface area contributed by atoms with Gasteiger partial charge in [0.1, 0.15) is 6.04 Å². The number of nitrogens with zero attached hydrogens (tertiary/aromatic N) is 1. The summed E-state index contributed by atoms with van der Waals surface area (Å²) in [7, 11) is -3.67. The highest BCUT2D eigenvalue weighted by Crippen LogP contribution is 2.24. The molecule has 12 heteroatoms. The van der Waals surface area contributed by atoms with Crippen molar-refractivity contribution in [2.45, 2.75) is 37.8 Å². The number of hydrogen-bond acceptors (Lipinski definition) is 8. The van der Waals surface area contributed by atoms with E-state index in [1.165, 1.54) is 11.3 Å². The van der Waals surface area contributed by atoms with Crippen LogP contribution in [0.15, 0.2) is 66.0 Å². The van der Waals surface area contributed by atoms with E-state index in [0.29, 0.717) is 43.6 Å². The third kappa shape index (κ3) is 12.1. The first-order valence-corrected chi connectivity index (χ1v) is 14.3. The molecule has 2 atom stereocenters. The first-order chi connectivity index (χ1) is 17.6. The molecule has 7 N–H and O–H groups in total. The van der Waals surface area contributed by atoms with Crippen LogP contribution >= 0.6 is 11.3 Å². The molecule has 2 amide bonds. The van der Waals surface area contributed by atoms with Crippen molar-refractivity contribution in [3.05, 3.63) is 71.6 Å². The Balaban J connectivity index is 0.000000877. The molecule has 0 aliphatic carbocycles. The number of nitrogens with one attached hydrogen (secondary N) is 2. The number of nitrogens with two attached hydrogens (primary N) is 2. The van der Waals surface area contributed by atoms with Gasteiger partial charge in [-0.25, -0.2) is 4.98 Å². The molecule has 0 saturated carbocycles. The second-order valence-corrected chi connectivity index (χ2v) is 10.6. The van der Waals surface area contributed by atoms with Gasteiger partial charge >= 0.3 is 0 Å². The van der Waals surface area contributed by atoms with E-state index in [1.807, 2.05) is 66.0 Å². The summed E-state index contributed by atoms with van der Waals surface area (Å²) in [6.07, 6.45) is 2.93. The van der Waals surface area contributed by atoms with E-state index < -0.39 is 22.2 Å². The van der Waals surface area contributed by atoms with Crippen LogP contribution in [0, 0.1) is 0 Å². The van der Waals surface area contributed by atoms with Gasteiger partial charge in [0.15, 0.2) is 5.13 Å². The maximum Gasteiger partial charge on any atom is 0.261 e. The minimum Gasteiger partial charge on any atom is -0.343 e. The Bertz CT molecular complexity index is 1210. The van der Waals surface area contributed by atoms with E-state index in [0.717, 1.165) is 16.8 Å². The van der Waals surface area contributed by atoms with E-state index >= 15 is 0 Å². The van der Waals surface area contributed by atoms with Crippen LogP contribution in [-0.2, 0) is 26.1 Å². The molecule has 10 nitrogen and oxygen atoms in total.